The van der Waals surface area contributed by atoms with Crippen LogP contribution in [0.1, 0.15) is 24.1 Å². The Bertz CT molecular complexity index is 964. The molecule has 4 rings (SSSR count). The lowest BCUT2D eigenvalue weighted by Gasteiger charge is -2.32. The molecule has 3 aromatic rings. The van der Waals surface area contributed by atoms with Gasteiger partial charge < -0.3 is 14.7 Å². The minimum atomic E-state index is 0.0300. The van der Waals surface area contributed by atoms with Gasteiger partial charge in [0.2, 0.25) is 5.91 Å². The summed E-state index contributed by atoms with van der Waals surface area (Å²) in [5, 5.41) is 8.62. The number of halogens is 1. The molecule has 0 spiro atoms. The summed E-state index contributed by atoms with van der Waals surface area (Å²) >= 11 is 5.90. The van der Waals surface area contributed by atoms with Gasteiger partial charge in [-0.2, -0.15) is 4.98 Å². The zero-order chi connectivity index (χ0) is 19.5. The third-order valence-corrected chi connectivity index (χ3v) is 5.47. The highest BCUT2D eigenvalue weighted by molar-refractivity contribution is 6.30. The quantitative estimate of drug-likeness (QED) is 0.709. The number of rotatable bonds is 5. The highest BCUT2D eigenvalue weighted by atomic mass is 35.5. The van der Waals surface area contributed by atoms with Crippen LogP contribution in [0.2, 0.25) is 5.02 Å². The van der Waals surface area contributed by atoms with E-state index in [1.165, 1.54) is 6.33 Å². The van der Waals surface area contributed by atoms with Crippen LogP contribution in [0.3, 0.4) is 0 Å². The number of anilines is 1. The van der Waals surface area contributed by atoms with Crippen molar-refractivity contribution in [2.75, 3.05) is 24.5 Å². The van der Waals surface area contributed by atoms with Gasteiger partial charge in [0.1, 0.15) is 17.5 Å². The number of nitrogens with zero attached hydrogens (tertiary/aromatic N) is 4. The first-order valence-corrected chi connectivity index (χ1v) is 9.83. The minimum Gasteiger partial charge on any atom is -0.356 e. The normalized spacial score (nSPS) is 15.1. The van der Waals surface area contributed by atoms with Crippen molar-refractivity contribution in [3.05, 3.63) is 46.9 Å². The third kappa shape index (κ3) is 3.94. The fourth-order valence-electron chi connectivity index (χ4n) is 3.62. The summed E-state index contributed by atoms with van der Waals surface area (Å²) in [5.41, 5.74) is 2.45. The first-order chi connectivity index (χ1) is 13.6. The Kier molecular flexibility index (Phi) is 5.43. The molecule has 1 aliphatic heterocycles. The number of amides is 1. The molecule has 0 aliphatic carbocycles. The largest absolute Gasteiger partial charge is 0.356 e. The molecule has 0 radical (unpaired) electrons. The number of aromatic nitrogens is 3. The van der Waals surface area contributed by atoms with E-state index in [9.17, 15) is 4.79 Å². The summed E-state index contributed by atoms with van der Waals surface area (Å²) in [6, 6.07) is 7.72. The van der Waals surface area contributed by atoms with Crippen molar-refractivity contribution >= 4 is 34.4 Å². The maximum absolute atomic E-state index is 12.5. The van der Waals surface area contributed by atoms with E-state index in [1.54, 1.807) is 0 Å². The smallest absolute Gasteiger partial charge is 0.263 e. The molecule has 7 nitrogen and oxygen atoms in total. The fourth-order valence-corrected chi connectivity index (χ4v) is 3.75. The van der Waals surface area contributed by atoms with E-state index in [0.29, 0.717) is 12.3 Å². The SMILES string of the molecule is Cc1noc2ncnc(N3CCC(C(=O)NCCc4ccc(Cl)cc4)CC3)c12. The first kappa shape index (κ1) is 18.7. The highest BCUT2D eigenvalue weighted by Gasteiger charge is 2.27. The first-order valence-electron chi connectivity index (χ1n) is 9.46. The Morgan fingerprint density at radius 2 is 2.00 bits per heavy atom. The lowest BCUT2D eigenvalue weighted by molar-refractivity contribution is -0.125. The number of fused-ring (bicyclic) bond motifs is 1. The maximum Gasteiger partial charge on any atom is 0.263 e. The average molecular weight is 400 g/mol. The van der Waals surface area contributed by atoms with Crippen molar-refractivity contribution in [1.82, 2.24) is 20.4 Å². The van der Waals surface area contributed by atoms with Gasteiger partial charge >= 0.3 is 0 Å². The van der Waals surface area contributed by atoms with E-state index in [-0.39, 0.29) is 11.8 Å². The number of hydrogen-bond donors (Lipinski definition) is 1. The molecule has 0 bridgehead atoms. The van der Waals surface area contributed by atoms with Gasteiger partial charge in [0.25, 0.3) is 5.71 Å². The molecule has 8 heteroatoms. The van der Waals surface area contributed by atoms with Crippen LogP contribution in [0.15, 0.2) is 35.1 Å². The molecule has 28 heavy (non-hydrogen) atoms. The molecule has 0 unspecified atom stereocenters. The second kappa shape index (κ2) is 8.14. The summed E-state index contributed by atoms with van der Waals surface area (Å²) in [6.45, 7) is 4.06. The number of benzene rings is 1. The Balaban J connectivity index is 1.30. The van der Waals surface area contributed by atoms with Crippen LogP contribution in [-0.2, 0) is 11.2 Å². The fraction of sp³-hybridized carbons (Fsp3) is 0.400. The monoisotopic (exact) mass is 399 g/mol. The van der Waals surface area contributed by atoms with Crippen LogP contribution in [0.25, 0.3) is 11.1 Å². The molecular weight excluding hydrogens is 378 g/mol. The highest BCUT2D eigenvalue weighted by Crippen LogP contribution is 2.29. The van der Waals surface area contributed by atoms with Crippen molar-refractivity contribution in [2.24, 2.45) is 5.92 Å². The predicted molar refractivity (Wildman–Crippen MR) is 107 cm³/mol. The predicted octanol–water partition coefficient (Wildman–Crippen LogP) is 3.15. The van der Waals surface area contributed by atoms with Crippen LogP contribution in [0, 0.1) is 12.8 Å². The van der Waals surface area contributed by atoms with Gasteiger partial charge in [0, 0.05) is 30.6 Å². The van der Waals surface area contributed by atoms with Gasteiger partial charge in [0.15, 0.2) is 0 Å². The van der Waals surface area contributed by atoms with Gasteiger partial charge in [-0.15, -0.1) is 0 Å². The van der Waals surface area contributed by atoms with Gasteiger partial charge in [0.05, 0.1) is 5.69 Å². The maximum atomic E-state index is 12.5. The molecular formula is C20H22ClN5O2. The molecule has 1 aromatic carbocycles. The zero-order valence-electron chi connectivity index (χ0n) is 15.7. The molecule has 1 fully saturated rings. The van der Waals surface area contributed by atoms with Crippen LogP contribution in [-0.4, -0.2) is 40.7 Å². The zero-order valence-corrected chi connectivity index (χ0v) is 16.4. The van der Waals surface area contributed by atoms with E-state index in [1.807, 2.05) is 31.2 Å². The standard InChI is InChI=1S/C20H22ClN5O2/c1-13-17-18(23-12-24-20(17)28-25-13)26-10-7-15(8-11-26)19(27)22-9-6-14-2-4-16(21)5-3-14/h2-5,12,15H,6-11H2,1H3,(H,22,27). The van der Waals surface area contributed by atoms with Gasteiger partial charge in [-0.1, -0.05) is 28.9 Å². The third-order valence-electron chi connectivity index (χ3n) is 5.21. The van der Waals surface area contributed by atoms with E-state index in [2.05, 4.69) is 25.3 Å². The Morgan fingerprint density at radius 1 is 1.25 bits per heavy atom. The Hall–Kier alpha value is -2.67. The van der Waals surface area contributed by atoms with E-state index in [0.717, 1.165) is 59.8 Å². The summed E-state index contributed by atoms with van der Waals surface area (Å²) in [5.74, 6) is 0.996. The minimum absolute atomic E-state index is 0.0300. The number of carbonyl (C=O) groups excluding carboxylic acids is 1. The van der Waals surface area contributed by atoms with Crippen molar-refractivity contribution in [2.45, 2.75) is 26.2 Å². The van der Waals surface area contributed by atoms with E-state index < -0.39 is 0 Å². The Labute approximate surface area is 168 Å². The van der Waals surface area contributed by atoms with Crippen LogP contribution in [0.4, 0.5) is 5.82 Å². The van der Waals surface area contributed by atoms with Crippen LogP contribution in [0.5, 0.6) is 0 Å². The van der Waals surface area contributed by atoms with Gasteiger partial charge in [-0.05, 0) is 43.9 Å². The van der Waals surface area contributed by atoms with Crippen LogP contribution < -0.4 is 10.2 Å². The molecule has 1 saturated heterocycles. The molecule has 146 valence electrons. The lowest BCUT2D eigenvalue weighted by Crippen LogP contribution is -2.41. The number of aryl methyl sites for hydroxylation is 1. The van der Waals surface area contributed by atoms with Crippen LogP contribution >= 0.6 is 11.6 Å². The van der Waals surface area contributed by atoms with E-state index >= 15 is 0 Å². The molecule has 1 N–H and O–H groups in total. The average Bonchev–Trinajstić information content (AvgIpc) is 3.11. The Morgan fingerprint density at radius 3 is 2.75 bits per heavy atom. The molecule has 1 aliphatic rings. The lowest BCUT2D eigenvalue weighted by atomic mass is 9.95. The number of nitrogens with one attached hydrogen (secondary N) is 1. The second-order valence-electron chi connectivity index (χ2n) is 7.07. The molecule has 0 saturated carbocycles. The molecule has 0 atom stereocenters. The van der Waals surface area contributed by atoms with E-state index in [4.69, 9.17) is 16.1 Å². The summed E-state index contributed by atoms with van der Waals surface area (Å²) < 4.78 is 5.23. The van der Waals surface area contributed by atoms with Crippen molar-refractivity contribution in [3.63, 3.8) is 0 Å². The van der Waals surface area contributed by atoms with Crippen molar-refractivity contribution in [1.29, 1.82) is 0 Å². The van der Waals surface area contributed by atoms with Gasteiger partial charge in [-0.3, -0.25) is 4.79 Å². The summed E-state index contributed by atoms with van der Waals surface area (Å²) in [6.07, 6.45) is 3.89. The number of piperidine rings is 1. The molecule has 1 amide bonds. The number of carbonyl (C=O) groups is 1. The summed E-state index contributed by atoms with van der Waals surface area (Å²) in [4.78, 5) is 23.2. The van der Waals surface area contributed by atoms with Crippen molar-refractivity contribution in [3.8, 4) is 0 Å². The molecule has 3 heterocycles. The summed E-state index contributed by atoms with van der Waals surface area (Å²) in [7, 11) is 0. The molecule has 2 aromatic heterocycles. The van der Waals surface area contributed by atoms with Crippen molar-refractivity contribution < 1.29 is 9.32 Å². The second-order valence-corrected chi connectivity index (χ2v) is 7.51. The number of hydrogen-bond acceptors (Lipinski definition) is 6. The topological polar surface area (TPSA) is 84.2 Å². The van der Waals surface area contributed by atoms with Gasteiger partial charge in [-0.25, -0.2) is 4.98 Å².